The normalized spacial score (nSPS) is 21.6. The van der Waals surface area contributed by atoms with Gasteiger partial charge in [0, 0.05) is 34.7 Å². The van der Waals surface area contributed by atoms with Gasteiger partial charge in [-0.25, -0.2) is 9.37 Å². The molecule has 1 saturated carbocycles. The van der Waals surface area contributed by atoms with Gasteiger partial charge in [-0.15, -0.1) is 13.2 Å². The largest absolute Gasteiger partial charge is 0.573 e. The van der Waals surface area contributed by atoms with E-state index in [0.29, 0.717) is 33.0 Å². The lowest BCUT2D eigenvalue weighted by atomic mass is 10.00. The lowest BCUT2D eigenvalue weighted by Crippen LogP contribution is -2.45. The molecule has 5 heterocycles. The van der Waals surface area contributed by atoms with Gasteiger partial charge < -0.3 is 28.5 Å². The van der Waals surface area contributed by atoms with E-state index < -0.39 is 12.2 Å². The number of aromatic nitrogens is 3. The van der Waals surface area contributed by atoms with Crippen LogP contribution in [0.2, 0.25) is 0 Å². The van der Waals surface area contributed by atoms with Crippen LogP contribution in [0, 0.1) is 5.82 Å². The number of benzene rings is 2. The van der Waals surface area contributed by atoms with Crippen molar-refractivity contribution < 1.29 is 41.2 Å². The summed E-state index contributed by atoms with van der Waals surface area (Å²) in [4.78, 5) is 6.94. The average Bonchev–Trinajstić information content (AvgIpc) is 3.28. The minimum absolute atomic E-state index is 0.0900. The summed E-state index contributed by atoms with van der Waals surface area (Å²) in [7, 11) is 0. The van der Waals surface area contributed by atoms with Crippen molar-refractivity contribution in [1.29, 1.82) is 0 Å². The Kier molecular flexibility index (Phi) is 6.75. The zero-order valence-electron chi connectivity index (χ0n) is 23.6. The Hall–Kier alpha value is -4.17. The first-order valence-electron chi connectivity index (χ1n) is 14.7. The van der Waals surface area contributed by atoms with E-state index in [2.05, 4.69) is 24.9 Å². The summed E-state index contributed by atoms with van der Waals surface area (Å²) in [5, 5.41) is 18.2. The van der Waals surface area contributed by atoms with Crippen LogP contribution in [0.5, 0.6) is 11.7 Å². The molecule has 5 aromatic rings. The average molecular weight is 643 g/mol. The highest BCUT2D eigenvalue weighted by atomic mass is 32.1. The van der Waals surface area contributed by atoms with Gasteiger partial charge >= 0.3 is 12.3 Å². The van der Waals surface area contributed by atoms with Crippen LogP contribution >= 0.6 is 11.3 Å². The third-order valence-electron chi connectivity index (χ3n) is 8.74. The third-order valence-corrected chi connectivity index (χ3v) is 9.76. The quantitative estimate of drug-likeness (QED) is 0.169. The Bertz CT molecular complexity index is 1870. The van der Waals surface area contributed by atoms with Crippen molar-refractivity contribution in [2.75, 3.05) is 4.90 Å². The zero-order chi connectivity index (χ0) is 30.9. The minimum Gasteiger partial charge on any atom is -0.479 e. The molecule has 9 nitrogen and oxygen atoms in total. The summed E-state index contributed by atoms with van der Waals surface area (Å²) < 4.78 is 76.3. The summed E-state index contributed by atoms with van der Waals surface area (Å²) >= 11 is 1.41. The van der Waals surface area contributed by atoms with Gasteiger partial charge in [0.05, 0.1) is 23.5 Å². The SMILES string of the molecule is Oc1cc(-c2cc(F)c3nc(N4C5CCC4CC(OCc4c(-c6ccccc6OC(F)(F)F)noc4C4CC4)C5)sc3c2)no1. The van der Waals surface area contributed by atoms with Crippen LogP contribution in [0.3, 0.4) is 0 Å². The minimum atomic E-state index is -4.85. The lowest BCUT2D eigenvalue weighted by Gasteiger charge is -2.38. The maximum Gasteiger partial charge on any atom is 0.573 e. The third kappa shape index (κ3) is 5.39. The van der Waals surface area contributed by atoms with E-state index in [4.69, 9.17) is 13.8 Å². The predicted octanol–water partition coefficient (Wildman–Crippen LogP) is 7.94. The summed E-state index contributed by atoms with van der Waals surface area (Å²) in [6.45, 7) is 0.155. The Morgan fingerprint density at radius 3 is 2.49 bits per heavy atom. The second-order valence-electron chi connectivity index (χ2n) is 11.7. The molecule has 8 rings (SSSR count). The number of hydrogen-bond acceptors (Lipinski definition) is 10. The molecule has 234 valence electrons. The van der Waals surface area contributed by atoms with E-state index in [0.717, 1.165) is 43.7 Å². The topological polar surface area (TPSA) is 107 Å². The number of rotatable bonds is 8. The van der Waals surface area contributed by atoms with Gasteiger partial charge in [-0.2, -0.15) is 0 Å². The molecule has 2 bridgehead atoms. The fourth-order valence-electron chi connectivity index (χ4n) is 6.63. The summed E-state index contributed by atoms with van der Waals surface area (Å²) in [6, 6.07) is 10.7. The Morgan fingerprint density at radius 1 is 1.00 bits per heavy atom. The monoisotopic (exact) mass is 642 g/mol. The van der Waals surface area contributed by atoms with Gasteiger partial charge in [0.1, 0.15) is 28.4 Å². The maximum atomic E-state index is 15.1. The number of hydrogen-bond donors (Lipinski definition) is 1. The lowest BCUT2D eigenvalue weighted by molar-refractivity contribution is -0.274. The molecule has 3 aromatic heterocycles. The molecular weight excluding hydrogens is 616 g/mol. The fraction of sp³-hybridized carbons (Fsp3) is 0.387. The van der Waals surface area contributed by atoms with E-state index in [1.807, 2.05) is 0 Å². The molecular formula is C31H26F4N4O5S. The molecule has 0 spiro atoms. The van der Waals surface area contributed by atoms with Crippen molar-refractivity contribution in [2.45, 2.75) is 75.6 Å². The van der Waals surface area contributed by atoms with Crippen molar-refractivity contribution in [1.82, 2.24) is 15.3 Å². The zero-order valence-corrected chi connectivity index (χ0v) is 24.4. The number of alkyl halides is 3. The molecule has 2 unspecified atom stereocenters. The van der Waals surface area contributed by atoms with Crippen LogP contribution in [0.15, 0.2) is 51.5 Å². The molecule has 3 aliphatic rings. The number of halogens is 4. The summed E-state index contributed by atoms with van der Waals surface area (Å²) in [5.41, 5.74) is 2.26. The Labute approximate surface area is 257 Å². The highest BCUT2D eigenvalue weighted by Gasteiger charge is 2.43. The highest BCUT2D eigenvalue weighted by molar-refractivity contribution is 7.22. The number of anilines is 1. The molecule has 2 atom stereocenters. The number of nitrogens with zero attached hydrogens (tertiary/aromatic N) is 4. The van der Waals surface area contributed by atoms with Crippen LogP contribution in [0.25, 0.3) is 32.7 Å². The van der Waals surface area contributed by atoms with Crippen molar-refractivity contribution in [3.8, 4) is 34.2 Å². The first-order chi connectivity index (χ1) is 21.7. The van der Waals surface area contributed by atoms with Gasteiger partial charge in [0.25, 0.3) is 0 Å². The van der Waals surface area contributed by atoms with Crippen molar-refractivity contribution >= 4 is 26.7 Å². The smallest absolute Gasteiger partial charge is 0.479 e. The standard InChI is InChI=1S/C31H26F4N4O5S/c32-22-9-16(23-13-26(40)43-37-23)10-25-28(22)36-30(45-25)39-17-7-8-18(39)12-19(11-17)41-14-21-27(38-44-29(21)15-5-6-15)20-3-1-2-4-24(20)42-31(33,34)35/h1-4,9-10,13,15,17-19,40H,5-8,11-12,14H2. The predicted molar refractivity (Wildman–Crippen MR) is 154 cm³/mol. The van der Waals surface area contributed by atoms with Crippen molar-refractivity contribution in [2.24, 2.45) is 0 Å². The van der Waals surface area contributed by atoms with Gasteiger partial charge in [-0.3, -0.25) is 0 Å². The van der Waals surface area contributed by atoms with Gasteiger partial charge in [0.15, 0.2) is 10.9 Å². The number of para-hydroxylation sites is 1. The molecule has 2 aromatic carbocycles. The second-order valence-corrected chi connectivity index (χ2v) is 12.7. The van der Waals surface area contributed by atoms with Crippen LogP contribution in [-0.2, 0) is 11.3 Å². The van der Waals surface area contributed by atoms with Gasteiger partial charge in [-0.05, 0) is 62.8 Å². The summed E-state index contributed by atoms with van der Waals surface area (Å²) in [6.07, 6.45) is 0.263. The Balaban J connectivity index is 1.01. The Morgan fingerprint density at radius 2 is 1.78 bits per heavy atom. The molecule has 1 aliphatic carbocycles. The van der Waals surface area contributed by atoms with E-state index in [-0.39, 0.29) is 53.5 Å². The molecule has 45 heavy (non-hydrogen) atoms. The molecule has 2 aliphatic heterocycles. The van der Waals surface area contributed by atoms with Crippen molar-refractivity contribution in [3.05, 3.63) is 59.6 Å². The van der Waals surface area contributed by atoms with Crippen LogP contribution < -0.4 is 9.64 Å². The van der Waals surface area contributed by atoms with E-state index in [9.17, 15) is 18.3 Å². The molecule has 0 radical (unpaired) electrons. The first kappa shape index (κ1) is 28.3. The molecule has 3 fully saturated rings. The second kappa shape index (κ2) is 10.7. The first-order valence-corrected chi connectivity index (χ1v) is 15.5. The van der Waals surface area contributed by atoms with Crippen LogP contribution in [0.4, 0.5) is 22.7 Å². The number of thiazole rings is 1. The van der Waals surface area contributed by atoms with Crippen LogP contribution in [0.1, 0.15) is 55.8 Å². The molecule has 2 saturated heterocycles. The highest BCUT2D eigenvalue weighted by Crippen LogP contribution is 2.47. The number of aromatic hydroxyl groups is 1. The van der Waals surface area contributed by atoms with E-state index in [1.165, 1.54) is 41.7 Å². The number of fused-ring (bicyclic) bond motifs is 3. The number of ether oxygens (including phenoxy) is 2. The molecule has 0 amide bonds. The molecule has 1 N–H and O–H groups in total. The van der Waals surface area contributed by atoms with E-state index in [1.54, 1.807) is 12.1 Å². The fourth-order valence-corrected chi connectivity index (χ4v) is 7.79. The van der Waals surface area contributed by atoms with Gasteiger partial charge in [0.2, 0.25) is 0 Å². The molecule has 14 heteroatoms. The summed E-state index contributed by atoms with van der Waals surface area (Å²) in [5.74, 6) is -0.332. The van der Waals surface area contributed by atoms with Crippen molar-refractivity contribution in [3.63, 3.8) is 0 Å². The van der Waals surface area contributed by atoms with Gasteiger partial charge in [-0.1, -0.05) is 33.8 Å². The van der Waals surface area contributed by atoms with Crippen LogP contribution in [-0.4, -0.2) is 45.0 Å². The maximum absolute atomic E-state index is 15.1. The number of piperidine rings is 1. The van der Waals surface area contributed by atoms with E-state index >= 15 is 4.39 Å².